The van der Waals surface area contributed by atoms with Gasteiger partial charge in [0.25, 0.3) is 0 Å². The Morgan fingerprint density at radius 1 is 1.23 bits per heavy atom. The number of nitrogens with two attached hydrogens (primary N) is 1. The monoisotopic (exact) mass is 417 g/mol. The molecule has 2 N–H and O–H groups in total. The largest absolute Gasteiger partial charge is 0.491 e. The molecule has 0 bridgehead atoms. The minimum atomic E-state index is -0.867. The average Bonchev–Trinajstić information content (AvgIpc) is 2.66. The lowest BCUT2D eigenvalue weighted by Crippen LogP contribution is -2.41. The van der Waals surface area contributed by atoms with Crippen molar-refractivity contribution in [3.8, 4) is 17.0 Å². The van der Waals surface area contributed by atoms with Crippen molar-refractivity contribution in [2.45, 2.75) is 53.6 Å². The molecule has 2 aromatic heterocycles. The highest BCUT2D eigenvalue weighted by Gasteiger charge is 2.39. The Bertz CT molecular complexity index is 882. The average molecular weight is 418 g/mol. The minimum absolute atomic E-state index is 0.123. The summed E-state index contributed by atoms with van der Waals surface area (Å²) in [7, 11) is 0. The molecular formula is C23H32FN3O3. The van der Waals surface area contributed by atoms with Gasteiger partial charge in [-0.15, -0.1) is 0 Å². The summed E-state index contributed by atoms with van der Waals surface area (Å²) in [6.07, 6.45) is 3.21. The Labute approximate surface area is 178 Å². The fraction of sp³-hybridized carbons (Fsp3) is 0.522. The van der Waals surface area contributed by atoms with Crippen molar-refractivity contribution in [2.75, 3.05) is 13.2 Å². The lowest BCUT2D eigenvalue weighted by atomic mass is 9.82. The van der Waals surface area contributed by atoms with Gasteiger partial charge in [0.2, 0.25) is 0 Å². The maximum absolute atomic E-state index is 14.0. The summed E-state index contributed by atoms with van der Waals surface area (Å²) >= 11 is 0. The summed E-state index contributed by atoms with van der Waals surface area (Å²) in [5.74, 6) is -0.103. The van der Waals surface area contributed by atoms with E-state index in [1.807, 2.05) is 34.6 Å². The van der Waals surface area contributed by atoms with Crippen LogP contribution in [-0.4, -0.2) is 34.7 Å². The van der Waals surface area contributed by atoms with Crippen molar-refractivity contribution in [3.63, 3.8) is 0 Å². The summed E-state index contributed by atoms with van der Waals surface area (Å²) in [5, 5.41) is 0. The Hall–Kier alpha value is -2.54. The standard InChI is InChI=1S/C23H32FN3O3/c1-15(12-25)11-23(6,21(28)30-22(3,4)5)14-29-20-8-7-19(27-16(20)2)17-9-10-26-13-18(17)24/h7-10,13,15H,11-12,14,25H2,1-6H3. The van der Waals surface area contributed by atoms with Crippen molar-refractivity contribution in [2.24, 2.45) is 17.1 Å². The summed E-state index contributed by atoms with van der Waals surface area (Å²) < 4.78 is 25.6. The van der Waals surface area contributed by atoms with Crippen molar-refractivity contribution in [1.82, 2.24) is 9.97 Å². The zero-order valence-electron chi connectivity index (χ0n) is 18.7. The number of esters is 1. The number of halogens is 1. The quantitative estimate of drug-likeness (QED) is 0.644. The third kappa shape index (κ3) is 6.23. The highest BCUT2D eigenvalue weighted by Crippen LogP contribution is 2.32. The number of aromatic nitrogens is 2. The van der Waals surface area contributed by atoms with Crippen LogP contribution in [0, 0.1) is 24.1 Å². The van der Waals surface area contributed by atoms with Crippen LogP contribution in [0.25, 0.3) is 11.3 Å². The Morgan fingerprint density at radius 2 is 1.93 bits per heavy atom. The van der Waals surface area contributed by atoms with Crippen LogP contribution in [-0.2, 0) is 9.53 Å². The first-order valence-corrected chi connectivity index (χ1v) is 10.1. The van der Waals surface area contributed by atoms with E-state index in [0.29, 0.717) is 35.7 Å². The predicted octanol–water partition coefficient (Wildman–Crippen LogP) is 4.30. The van der Waals surface area contributed by atoms with E-state index in [-0.39, 0.29) is 18.5 Å². The molecule has 30 heavy (non-hydrogen) atoms. The Kier molecular flexibility index (Phi) is 7.53. The van der Waals surface area contributed by atoms with E-state index in [4.69, 9.17) is 15.2 Å². The lowest BCUT2D eigenvalue weighted by molar-refractivity contribution is -0.169. The number of nitrogens with zero attached hydrogens (tertiary/aromatic N) is 2. The van der Waals surface area contributed by atoms with Crippen molar-refractivity contribution in [1.29, 1.82) is 0 Å². The van der Waals surface area contributed by atoms with Crippen LogP contribution in [0.5, 0.6) is 5.75 Å². The number of rotatable bonds is 8. The van der Waals surface area contributed by atoms with Crippen LogP contribution >= 0.6 is 0 Å². The van der Waals surface area contributed by atoms with Crippen LogP contribution in [0.2, 0.25) is 0 Å². The number of pyridine rings is 2. The SMILES string of the molecule is Cc1nc(-c2ccncc2F)ccc1OCC(C)(CC(C)CN)C(=O)OC(C)(C)C. The van der Waals surface area contributed by atoms with Crippen LogP contribution in [0.15, 0.2) is 30.6 Å². The lowest BCUT2D eigenvalue weighted by Gasteiger charge is -2.33. The molecule has 2 aromatic rings. The first-order chi connectivity index (χ1) is 13.9. The van der Waals surface area contributed by atoms with Crippen molar-refractivity contribution in [3.05, 3.63) is 42.1 Å². The zero-order chi connectivity index (χ0) is 22.5. The van der Waals surface area contributed by atoms with Crippen molar-refractivity contribution < 1.29 is 18.7 Å². The molecule has 2 unspecified atom stereocenters. The molecule has 0 saturated heterocycles. The number of hydrogen-bond donors (Lipinski definition) is 1. The van der Waals surface area contributed by atoms with E-state index in [1.165, 1.54) is 6.20 Å². The number of carbonyl (C=O) groups excluding carboxylic acids is 1. The third-order valence-corrected chi connectivity index (χ3v) is 4.73. The summed E-state index contributed by atoms with van der Waals surface area (Å²) in [6.45, 7) is 11.7. The molecule has 0 aliphatic rings. The Balaban J connectivity index is 2.22. The second-order valence-electron chi connectivity index (χ2n) is 9.03. The molecule has 0 aliphatic carbocycles. The van der Waals surface area contributed by atoms with Gasteiger partial charge in [-0.3, -0.25) is 9.78 Å². The maximum Gasteiger partial charge on any atom is 0.315 e. The summed E-state index contributed by atoms with van der Waals surface area (Å²) in [4.78, 5) is 21.1. The Morgan fingerprint density at radius 3 is 2.50 bits per heavy atom. The number of hydrogen-bond acceptors (Lipinski definition) is 6. The highest BCUT2D eigenvalue weighted by atomic mass is 19.1. The van der Waals surface area contributed by atoms with Gasteiger partial charge in [0, 0.05) is 11.8 Å². The molecule has 2 atom stereocenters. The molecule has 0 amide bonds. The van der Waals surface area contributed by atoms with Gasteiger partial charge in [0.15, 0.2) is 5.82 Å². The van der Waals surface area contributed by atoms with Gasteiger partial charge in [-0.1, -0.05) is 6.92 Å². The fourth-order valence-electron chi connectivity index (χ4n) is 3.13. The zero-order valence-corrected chi connectivity index (χ0v) is 18.7. The normalized spacial score (nSPS) is 14.7. The van der Waals surface area contributed by atoms with E-state index in [1.54, 1.807) is 25.1 Å². The minimum Gasteiger partial charge on any atom is -0.491 e. The maximum atomic E-state index is 14.0. The molecule has 0 aromatic carbocycles. The fourth-order valence-corrected chi connectivity index (χ4v) is 3.13. The molecule has 6 nitrogen and oxygen atoms in total. The van der Waals surface area contributed by atoms with Gasteiger partial charge in [-0.25, -0.2) is 9.37 Å². The molecule has 2 heterocycles. The van der Waals surface area contributed by atoms with E-state index < -0.39 is 16.8 Å². The topological polar surface area (TPSA) is 87.3 Å². The first-order valence-electron chi connectivity index (χ1n) is 10.1. The predicted molar refractivity (Wildman–Crippen MR) is 114 cm³/mol. The second-order valence-corrected chi connectivity index (χ2v) is 9.03. The second kappa shape index (κ2) is 9.51. The molecule has 0 spiro atoms. The molecule has 0 saturated carbocycles. The molecule has 2 rings (SSSR count). The van der Waals surface area contributed by atoms with E-state index in [9.17, 15) is 9.18 Å². The van der Waals surface area contributed by atoms with E-state index >= 15 is 0 Å². The number of aryl methyl sites for hydroxylation is 1. The third-order valence-electron chi connectivity index (χ3n) is 4.73. The smallest absolute Gasteiger partial charge is 0.315 e. The van der Waals surface area contributed by atoms with Gasteiger partial charge in [-0.2, -0.15) is 0 Å². The van der Waals surface area contributed by atoms with Gasteiger partial charge >= 0.3 is 5.97 Å². The van der Waals surface area contributed by atoms with Crippen LogP contribution < -0.4 is 10.5 Å². The van der Waals surface area contributed by atoms with Crippen LogP contribution in [0.3, 0.4) is 0 Å². The van der Waals surface area contributed by atoms with Gasteiger partial charge in [-0.05, 0) is 71.7 Å². The van der Waals surface area contributed by atoms with Crippen molar-refractivity contribution >= 4 is 5.97 Å². The first kappa shape index (κ1) is 23.7. The molecule has 164 valence electrons. The van der Waals surface area contributed by atoms with Crippen LogP contribution in [0.4, 0.5) is 4.39 Å². The molecule has 0 aliphatic heterocycles. The van der Waals surface area contributed by atoms with Gasteiger partial charge in [0.05, 0.1) is 23.0 Å². The molecule has 0 radical (unpaired) electrons. The molecule has 0 fully saturated rings. The number of ether oxygens (including phenoxy) is 2. The summed E-state index contributed by atoms with van der Waals surface area (Å²) in [5.41, 5.74) is 5.78. The number of carbonyl (C=O) groups is 1. The molecule has 7 heteroatoms. The van der Waals surface area contributed by atoms with Gasteiger partial charge < -0.3 is 15.2 Å². The summed E-state index contributed by atoms with van der Waals surface area (Å²) in [6, 6.07) is 5.00. The van der Waals surface area contributed by atoms with E-state index in [0.717, 1.165) is 6.20 Å². The van der Waals surface area contributed by atoms with Crippen LogP contribution in [0.1, 0.15) is 46.7 Å². The molecular weight excluding hydrogens is 385 g/mol. The van der Waals surface area contributed by atoms with Gasteiger partial charge in [0.1, 0.15) is 18.0 Å². The van der Waals surface area contributed by atoms with E-state index in [2.05, 4.69) is 9.97 Å². The highest BCUT2D eigenvalue weighted by molar-refractivity contribution is 5.77.